The third-order valence-electron chi connectivity index (χ3n) is 4.15. The molecule has 0 saturated heterocycles. The zero-order valence-electron chi connectivity index (χ0n) is 12.1. The van der Waals surface area contributed by atoms with Gasteiger partial charge in [-0.15, -0.1) is 0 Å². The maximum absolute atomic E-state index is 12.6. The first-order valence-corrected chi connectivity index (χ1v) is 7.01. The predicted molar refractivity (Wildman–Crippen MR) is 79.9 cm³/mol. The fourth-order valence-corrected chi connectivity index (χ4v) is 2.97. The summed E-state index contributed by atoms with van der Waals surface area (Å²) in [4.78, 5) is 21.7. The number of amides is 1. The average Bonchev–Trinajstić information content (AvgIpc) is 3.09. The zero-order valence-corrected chi connectivity index (χ0v) is 12.1. The van der Waals surface area contributed by atoms with E-state index in [9.17, 15) is 4.79 Å². The van der Waals surface area contributed by atoms with Crippen LogP contribution in [0.1, 0.15) is 27.4 Å². The minimum atomic E-state index is 0.0752. The van der Waals surface area contributed by atoms with Gasteiger partial charge in [-0.3, -0.25) is 4.79 Å². The van der Waals surface area contributed by atoms with Crippen LogP contribution >= 0.6 is 0 Å². The highest BCUT2D eigenvalue weighted by atomic mass is 16.2. The van der Waals surface area contributed by atoms with E-state index in [4.69, 9.17) is 0 Å². The number of aromatic nitrogens is 3. The molecule has 2 aromatic heterocycles. The van der Waals surface area contributed by atoms with Crippen LogP contribution in [0.3, 0.4) is 0 Å². The minimum absolute atomic E-state index is 0.0752. The molecule has 0 radical (unpaired) electrons. The van der Waals surface area contributed by atoms with Crippen molar-refractivity contribution in [3.63, 3.8) is 0 Å². The highest BCUT2D eigenvalue weighted by Crippen LogP contribution is 2.28. The molecule has 4 rings (SSSR count). The van der Waals surface area contributed by atoms with Gasteiger partial charge < -0.3 is 14.5 Å². The van der Waals surface area contributed by atoms with Gasteiger partial charge in [0.15, 0.2) is 0 Å². The lowest BCUT2D eigenvalue weighted by Gasteiger charge is -2.14. The van der Waals surface area contributed by atoms with Crippen molar-refractivity contribution in [1.29, 1.82) is 0 Å². The Bertz CT molecular complexity index is 858. The Morgan fingerprint density at radius 3 is 2.90 bits per heavy atom. The van der Waals surface area contributed by atoms with Crippen molar-refractivity contribution in [2.45, 2.75) is 27.1 Å². The van der Waals surface area contributed by atoms with E-state index in [0.29, 0.717) is 13.2 Å². The Balaban J connectivity index is 1.70. The van der Waals surface area contributed by atoms with Crippen LogP contribution in [0.25, 0.3) is 10.9 Å². The van der Waals surface area contributed by atoms with Crippen LogP contribution in [0.15, 0.2) is 30.6 Å². The molecule has 1 aliphatic heterocycles. The van der Waals surface area contributed by atoms with Gasteiger partial charge >= 0.3 is 0 Å². The standard InChI is InChI=1S/C16H16N4O/c1-10-3-4-14-12(5-10)6-15-16(21)19(9-20(14)15)7-13-11(2)17-8-18-13/h3-6,8H,7,9H2,1-2H3,(H,17,18). The predicted octanol–water partition coefficient (Wildman–Crippen LogP) is 2.59. The minimum Gasteiger partial charge on any atom is -0.348 e. The van der Waals surface area contributed by atoms with Crippen molar-refractivity contribution in [1.82, 2.24) is 19.4 Å². The smallest absolute Gasteiger partial charge is 0.272 e. The number of carbonyl (C=O) groups is 1. The summed E-state index contributed by atoms with van der Waals surface area (Å²) in [6, 6.07) is 8.28. The topological polar surface area (TPSA) is 53.9 Å². The molecule has 1 amide bonds. The van der Waals surface area contributed by atoms with E-state index < -0.39 is 0 Å². The third kappa shape index (κ3) is 1.77. The van der Waals surface area contributed by atoms with Gasteiger partial charge in [-0.2, -0.15) is 0 Å². The van der Waals surface area contributed by atoms with E-state index in [1.807, 2.05) is 17.9 Å². The molecule has 106 valence electrons. The van der Waals surface area contributed by atoms with Gasteiger partial charge in [0, 0.05) is 11.1 Å². The van der Waals surface area contributed by atoms with Crippen LogP contribution in [-0.2, 0) is 13.2 Å². The molecule has 5 heteroatoms. The fraction of sp³-hybridized carbons (Fsp3) is 0.250. The van der Waals surface area contributed by atoms with Crippen LogP contribution in [0, 0.1) is 13.8 Å². The summed E-state index contributed by atoms with van der Waals surface area (Å²) in [5.41, 5.74) is 5.03. The summed E-state index contributed by atoms with van der Waals surface area (Å²) in [5.74, 6) is 0.0752. The van der Waals surface area contributed by atoms with Crippen LogP contribution in [-0.4, -0.2) is 25.3 Å². The van der Waals surface area contributed by atoms with Gasteiger partial charge in [-0.25, -0.2) is 4.98 Å². The van der Waals surface area contributed by atoms with Crippen molar-refractivity contribution in [3.05, 3.63) is 53.2 Å². The highest BCUT2D eigenvalue weighted by molar-refractivity contribution is 6.00. The van der Waals surface area contributed by atoms with Gasteiger partial charge in [0.25, 0.3) is 5.91 Å². The van der Waals surface area contributed by atoms with Gasteiger partial charge in [0.1, 0.15) is 5.69 Å². The number of H-pyrrole nitrogens is 1. The number of nitrogens with one attached hydrogen (secondary N) is 1. The van der Waals surface area contributed by atoms with E-state index in [1.54, 1.807) is 6.33 Å². The third-order valence-corrected chi connectivity index (χ3v) is 4.15. The zero-order chi connectivity index (χ0) is 14.6. The Kier molecular flexibility index (Phi) is 2.45. The molecule has 3 heterocycles. The van der Waals surface area contributed by atoms with Crippen molar-refractivity contribution >= 4 is 16.8 Å². The van der Waals surface area contributed by atoms with Gasteiger partial charge in [-0.1, -0.05) is 11.6 Å². The lowest BCUT2D eigenvalue weighted by atomic mass is 10.2. The van der Waals surface area contributed by atoms with Gasteiger partial charge in [-0.05, 0) is 32.0 Å². The van der Waals surface area contributed by atoms with Crippen molar-refractivity contribution in [2.24, 2.45) is 0 Å². The second-order valence-electron chi connectivity index (χ2n) is 5.64. The summed E-state index contributed by atoms with van der Waals surface area (Å²) in [6.45, 7) is 5.17. The molecule has 0 unspecified atom stereocenters. The number of fused-ring (bicyclic) bond motifs is 3. The molecule has 0 bridgehead atoms. The first-order chi connectivity index (χ1) is 10.1. The summed E-state index contributed by atoms with van der Waals surface area (Å²) < 4.78 is 2.08. The van der Waals surface area contributed by atoms with E-state index in [0.717, 1.165) is 28.0 Å². The Morgan fingerprint density at radius 2 is 2.14 bits per heavy atom. The molecule has 0 spiro atoms. The Morgan fingerprint density at radius 1 is 1.29 bits per heavy atom. The molecule has 0 atom stereocenters. The molecule has 0 saturated carbocycles. The Labute approximate surface area is 122 Å². The van der Waals surface area contributed by atoms with E-state index in [1.165, 1.54) is 5.56 Å². The monoisotopic (exact) mass is 280 g/mol. The van der Waals surface area contributed by atoms with Gasteiger partial charge in [0.2, 0.25) is 0 Å². The van der Waals surface area contributed by atoms with E-state index >= 15 is 0 Å². The van der Waals surface area contributed by atoms with Gasteiger partial charge in [0.05, 0.1) is 30.8 Å². The molecule has 0 aliphatic carbocycles. The fourth-order valence-electron chi connectivity index (χ4n) is 2.97. The largest absolute Gasteiger partial charge is 0.348 e. The number of benzene rings is 1. The van der Waals surface area contributed by atoms with Crippen molar-refractivity contribution in [3.8, 4) is 0 Å². The molecule has 0 fully saturated rings. The summed E-state index contributed by atoms with van der Waals surface area (Å²) in [5, 5.41) is 1.13. The highest BCUT2D eigenvalue weighted by Gasteiger charge is 2.29. The first kappa shape index (κ1) is 12.2. The summed E-state index contributed by atoms with van der Waals surface area (Å²) in [7, 11) is 0. The maximum Gasteiger partial charge on any atom is 0.272 e. The van der Waals surface area contributed by atoms with Crippen molar-refractivity contribution in [2.75, 3.05) is 0 Å². The molecule has 3 aromatic rings. The van der Waals surface area contributed by atoms with E-state index in [-0.39, 0.29) is 5.91 Å². The second kappa shape index (κ2) is 4.22. The molecule has 5 nitrogen and oxygen atoms in total. The van der Waals surface area contributed by atoms with Crippen LogP contribution < -0.4 is 0 Å². The molecule has 1 N–H and O–H groups in total. The number of imidazole rings is 1. The average molecular weight is 280 g/mol. The molecular formula is C16H16N4O. The normalized spacial score (nSPS) is 14.2. The lowest BCUT2D eigenvalue weighted by Crippen LogP contribution is -2.24. The molecule has 1 aliphatic rings. The molecule has 21 heavy (non-hydrogen) atoms. The summed E-state index contributed by atoms with van der Waals surface area (Å²) in [6.07, 6.45) is 1.67. The Hall–Kier alpha value is -2.56. The molecule has 1 aromatic carbocycles. The number of aromatic amines is 1. The SMILES string of the molecule is Cc1ccc2c(c1)cc1n2CN(Cc2nc[nH]c2C)C1=O. The maximum atomic E-state index is 12.6. The first-order valence-electron chi connectivity index (χ1n) is 7.01. The molecular weight excluding hydrogens is 264 g/mol. The number of hydrogen-bond donors (Lipinski definition) is 1. The lowest BCUT2D eigenvalue weighted by molar-refractivity contribution is 0.0755. The number of hydrogen-bond acceptors (Lipinski definition) is 2. The quantitative estimate of drug-likeness (QED) is 0.784. The van der Waals surface area contributed by atoms with Crippen LogP contribution in [0.2, 0.25) is 0 Å². The number of rotatable bonds is 2. The van der Waals surface area contributed by atoms with Crippen LogP contribution in [0.4, 0.5) is 0 Å². The second-order valence-corrected chi connectivity index (χ2v) is 5.64. The van der Waals surface area contributed by atoms with Crippen molar-refractivity contribution < 1.29 is 4.79 Å². The van der Waals surface area contributed by atoms with E-state index in [2.05, 4.69) is 39.7 Å². The number of nitrogens with zero attached hydrogens (tertiary/aromatic N) is 3. The number of carbonyl (C=O) groups excluding carboxylic acids is 1. The summed E-state index contributed by atoms with van der Waals surface area (Å²) >= 11 is 0. The number of aryl methyl sites for hydroxylation is 2. The van der Waals surface area contributed by atoms with Crippen LogP contribution in [0.5, 0.6) is 0 Å².